The molecule has 0 aromatic heterocycles. The maximum atomic E-state index is 13.2. The number of hydrogen-bond donors (Lipinski definition) is 1. The summed E-state index contributed by atoms with van der Waals surface area (Å²) in [6.45, 7) is 4.08. The lowest BCUT2D eigenvalue weighted by Gasteiger charge is -2.32. The van der Waals surface area contributed by atoms with Gasteiger partial charge in [-0.2, -0.15) is 0 Å². The average molecular weight is 342 g/mol. The van der Waals surface area contributed by atoms with Crippen LogP contribution in [0.3, 0.4) is 0 Å². The summed E-state index contributed by atoms with van der Waals surface area (Å²) in [7, 11) is 0. The summed E-state index contributed by atoms with van der Waals surface area (Å²) in [5, 5.41) is 2.40. The standard InChI is InChI=1S/C15H17BrFNO2/c1-8(2)5-12-11(7-14(19)18-15(12)20)10-4-3-9(17)6-13(10)16/h3-4,6,8,11-12H,5,7H2,1-2H3,(H,18,19,20). The number of hydrogen-bond acceptors (Lipinski definition) is 2. The topological polar surface area (TPSA) is 46.2 Å². The fourth-order valence-electron chi connectivity index (χ4n) is 2.71. The van der Waals surface area contributed by atoms with E-state index in [0.717, 1.165) is 5.56 Å². The summed E-state index contributed by atoms with van der Waals surface area (Å²) in [4.78, 5) is 23.7. The fourth-order valence-corrected chi connectivity index (χ4v) is 3.36. The van der Waals surface area contributed by atoms with Crippen LogP contribution in [-0.4, -0.2) is 11.8 Å². The first-order chi connectivity index (χ1) is 9.38. The van der Waals surface area contributed by atoms with Gasteiger partial charge in [-0.1, -0.05) is 35.8 Å². The zero-order valence-corrected chi connectivity index (χ0v) is 13.0. The Hall–Kier alpha value is -1.23. The molecule has 5 heteroatoms. The second-order valence-electron chi connectivity index (χ2n) is 5.62. The van der Waals surface area contributed by atoms with E-state index in [1.54, 1.807) is 6.07 Å². The van der Waals surface area contributed by atoms with Crippen molar-refractivity contribution in [3.8, 4) is 0 Å². The van der Waals surface area contributed by atoms with Crippen LogP contribution in [0, 0.1) is 17.7 Å². The van der Waals surface area contributed by atoms with Gasteiger partial charge < -0.3 is 0 Å². The highest BCUT2D eigenvalue weighted by molar-refractivity contribution is 9.10. The molecule has 1 aliphatic heterocycles. The smallest absolute Gasteiger partial charge is 0.230 e. The number of carbonyl (C=O) groups is 2. The van der Waals surface area contributed by atoms with Gasteiger partial charge in [0.05, 0.1) is 0 Å². The lowest BCUT2D eigenvalue weighted by atomic mass is 9.76. The molecule has 0 aliphatic carbocycles. The minimum absolute atomic E-state index is 0.200. The fraction of sp³-hybridized carbons (Fsp3) is 0.467. The third-order valence-corrected chi connectivity index (χ3v) is 4.26. The first-order valence-electron chi connectivity index (χ1n) is 6.67. The zero-order valence-electron chi connectivity index (χ0n) is 11.5. The maximum absolute atomic E-state index is 13.2. The van der Waals surface area contributed by atoms with Crippen LogP contribution in [0.15, 0.2) is 22.7 Å². The monoisotopic (exact) mass is 341 g/mol. The van der Waals surface area contributed by atoms with E-state index in [2.05, 4.69) is 21.2 Å². The van der Waals surface area contributed by atoms with Gasteiger partial charge in [-0.05, 0) is 30.0 Å². The van der Waals surface area contributed by atoms with Crippen LogP contribution in [0.1, 0.15) is 38.2 Å². The number of nitrogens with one attached hydrogen (secondary N) is 1. The minimum atomic E-state index is -0.340. The van der Waals surface area contributed by atoms with Crippen molar-refractivity contribution in [2.75, 3.05) is 0 Å². The Bertz CT molecular complexity index is 545. The first kappa shape index (κ1) is 15.2. The van der Waals surface area contributed by atoms with E-state index in [1.807, 2.05) is 13.8 Å². The molecule has 1 N–H and O–H groups in total. The number of halogens is 2. The van der Waals surface area contributed by atoms with Crippen molar-refractivity contribution in [2.45, 2.75) is 32.6 Å². The predicted octanol–water partition coefficient (Wildman–Crippen LogP) is 3.38. The molecular formula is C15H17BrFNO2. The van der Waals surface area contributed by atoms with E-state index in [0.29, 0.717) is 16.8 Å². The third kappa shape index (κ3) is 3.26. The van der Waals surface area contributed by atoms with E-state index in [4.69, 9.17) is 0 Å². The highest BCUT2D eigenvalue weighted by atomic mass is 79.9. The van der Waals surface area contributed by atoms with Crippen molar-refractivity contribution in [3.63, 3.8) is 0 Å². The summed E-state index contributed by atoms with van der Waals surface area (Å²) < 4.78 is 13.8. The summed E-state index contributed by atoms with van der Waals surface area (Å²) in [5.74, 6) is -0.941. The predicted molar refractivity (Wildman–Crippen MR) is 77.6 cm³/mol. The van der Waals surface area contributed by atoms with Gasteiger partial charge in [0.1, 0.15) is 5.82 Å². The molecular weight excluding hydrogens is 325 g/mol. The first-order valence-corrected chi connectivity index (χ1v) is 7.46. The van der Waals surface area contributed by atoms with Gasteiger partial charge in [-0.3, -0.25) is 14.9 Å². The van der Waals surface area contributed by atoms with Crippen molar-refractivity contribution in [2.24, 2.45) is 11.8 Å². The van der Waals surface area contributed by atoms with Crippen molar-refractivity contribution < 1.29 is 14.0 Å². The molecule has 1 aromatic rings. The molecule has 0 saturated carbocycles. The lowest BCUT2D eigenvalue weighted by molar-refractivity contribution is -0.137. The minimum Gasteiger partial charge on any atom is -0.296 e. The molecule has 20 heavy (non-hydrogen) atoms. The summed E-state index contributed by atoms with van der Waals surface area (Å²) in [6.07, 6.45) is 0.959. The molecule has 3 nitrogen and oxygen atoms in total. The molecule has 1 heterocycles. The molecule has 0 spiro atoms. The number of rotatable bonds is 3. The average Bonchev–Trinajstić information content (AvgIpc) is 2.32. The Morgan fingerprint density at radius 3 is 2.70 bits per heavy atom. The van der Waals surface area contributed by atoms with Crippen LogP contribution in [0.5, 0.6) is 0 Å². The highest BCUT2D eigenvalue weighted by Gasteiger charge is 2.37. The van der Waals surface area contributed by atoms with E-state index in [-0.39, 0.29) is 35.9 Å². The molecule has 2 unspecified atom stereocenters. The van der Waals surface area contributed by atoms with Crippen LogP contribution in [0.4, 0.5) is 4.39 Å². The van der Waals surface area contributed by atoms with Crippen LogP contribution in [-0.2, 0) is 9.59 Å². The second kappa shape index (κ2) is 6.04. The molecule has 2 rings (SSSR count). The third-order valence-electron chi connectivity index (χ3n) is 3.58. The molecule has 2 amide bonds. The van der Waals surface area contributed by atoms with Gasteiger partial charge >= 0.3 is 0 Å². The number of carbonyl (C=O) groups excluding carboxylic acids is 2. The molecule has 108 valence electrons. The van der Waals surface area contributed by atoms with E-state index in [9.17, 15) is 14.0 Å². The lowest BCUT2D eigenvalue weighted by Crippen LogP contribution is -2.45. The number of piperidine rings is 1. The van der Waals surface area contributed by atoms with E-state index in [1.165, 1.54) is 12.1 Å². The van der Waals surface area contributed by atoms with Crippen LogP contribution < -0.4 is 5.32 Å². The van der Waals surface area contributed by atoms with Gasteiger partial charge in [0.15, 0.2) is 0 Å². The second-order valence-corrected chi connectivity index (χ2v) is 6.48. The quantitative estimate of drug-likeness (QED) is 0.856. The Morgan fingerprint density at radius 2 is 2.10 bits per heavy atom. The van der Waals surface area contributed by atoms with Gasteiger partial charge in [0, 0.05) is 22.7 Å². The molecule has 2 atom stereocenters. The summed E-state index contributed by atoms with van der Waals surface area (Å²) >= 11 is 3.33. The van der Waals surface area contributed by atoms with Crippen molar-refractivity contribution in [1.82, 2.24) is 5.32 Å². The van der Waals surface area contributed by atoms with Gasteiger partial charge in [0.25, 0.3) is 0 Å². The number of imide groups is 1. The van der Waals surface area contributed by atoms with E-state index >= 15 is 0 Å². The normalized spacial score (nSPS) is 23.1. The summed E-state index contributed by atoms with van der Waals surface area (Å²) in [5.41, 5.74) is 0.820. The highest BCUT2D eigenvalue weighted by Crippen LogP contribution is 2.38. The molecule has 1 saturated heterocycles. The Morgan fingerprint density at radius 1 is 1.40 bits per heavy atom. The van der Waals surface area contributed by atoms with Crippen LogP contribution in [0.2, 0.25) is 0 Å². The van der Waals surface area contributed by atoms with Gasteiger partial charge in [-0.15, -0.1) is 0 Å². The number of amides is 2. The Kier molecular flexibility index (Phi) is 4.58. The Labute approximate surface area is 126 Å². The van der Waals surface area contributed by atoms with Crippen molar-refractivity contribution >= 4 is 27.7 Å². The van der Waals surface area contributed by atoms with E-state index < -0.39 is 0 Å². The SMILES string of the molecule is CC(C)CC1C(=O)NC(=O)CC1c1ccc(F)cc1Br. The van der Waals surface area contributed by atoms with Crippen molar-refractivity contribution in [3.05, 3.63) is 34.1 Å². The summed E-state index contributed by atoms with van der Waals surface area (Å²) in [6, 6.07) is 4.39. The molecule has 1 aromatic carbocycles. The van der Waals surface area contributed by atoms with Crippen LogP contribution >= 0.6 is 15.9 Å². The van der Waals surface area contributed by atoms with Crippen molar-refractivity contribution in [1.29, 1.82) is 0 Å². The maximum Gasteiger partial charge on any atom is 0.230 e. The molecule has 1 fully saturated rings. The number of benzene rings is 1. The zero-order chi connectivity index (χ0) is 14.9. The van der Waals surface area contributed by atoms with Crippen LogP contribution in [0.25, 0.3) is 0 Å². The van der Waals surface area contributed by atoms with Gasteiger partial charge in [-0.25, -0.2) is 4.39 Å². The molecule has 0 radical (unpaired) electrons. The largest absolute Gasteiger partial charge is 0.296 e. The van der Waals surface area contributed by atoms with Gasteiger partial charge in [0.2, 0.25) is 11.8 Å². The molecule has 1 aliphatic rings. The molecule has 0 bridgehead atoms. The Balaban J connectivity index is 2.37.